The van der Waals surface area contributed by atoms with Crippen LogP contribution in [0.1, 0.15) is 22.7 Å². The van der Waals surface area contributed by atoms with Crippen molar-refractivity contribution in [3.05, 3.63) is 59.4 Å². The predicted molar refractivity (Wildman–Crippen MR) is 73.6 cm³/mol. The van der Waals surface area contributed by atoms with Gasteiger partial charge in [0.2, 0.25) is 0 Å². The van der Waals surface area contributed by atoms with Gasteiger partial charge >= 0.3 is 0 Å². The summed E-state index contributed by atoms with van der Waals surface area (Å²) in [5, 5.41) is 12.9. The van der Waals surface area contributed by atoms with Gasteiger partial charge in [0.15, 0.2) is 0 Å². The summed E-state index contributed by atoms with van der Waals surface area (Å²) in [6.07, 6.45) is 3.57. The normalized spacial score (nSPS) is 12.2. The molecule has 1 aromatic heterocycles. The molecule has 2 rings (SSSR count). The van der Waals surface area contributed by atoms with Gasteiger partial charge in [0.05, 0.1) is 12.6 Å². The number of aliphatic hydroxyl groups is 1. The summed E-state index contributed by atoms with van der Waals surface area (Å²) in [7, 11) is 0. The molecule has 2 N–H and O–H groups in total. The summed E-state index contributed by atoms with van der Waals surface area (Å²) in [4.78, 5) is 4.13. The van der Waals surface area contributed by atoms with Crippen molar-refractivity contribution in [2.75, 3.05) is 11.9 Å². The summed E-state index contributed by atoms with van der Waals surface area (Å²) in [6.45, 7) is 4.12. The zero-order valence-electron chi connectivity index (χ0n) is 10.7. The van der Waals surface area contributed by atoms with Crippen molar-refractivity contribution in [3.8, 4) is 0 Å². The number of pyridine rings is 1. The van der Waals surface area contributed by atoms with E-state index in [0.29, 0.717) is 0 Å². The number of hydrogen-bond acceptors (Lipinski definition) is 3. The van der Waals surface area contributed by atoms with Gasteiger partial charge in [-0.1, -0.05) is 18.2 Å². The first-order valence-electron chi connectivity index (χ1n) is 6.06. The van der Waals surface area contributed by atoms with Gasteiger partial charge in [-0.15, -0.1) is 0 Å². The Hall–Kier alpha value is -1.87. The van der Waals surface area contributed by atoms with Gasteiger partial charge in [-0.25, -0.2) is 0 Å². The van der Waals surface area contributed by atoms with Crippen LogP contribution in [-0.2, 0) is 0 Å². The van der Waals surface area contributed by atoms with Crippen LogP contribution < -0.4 is 5.32 Å². The number of rotatable bonds is 4. The molecule has 0 aliphatic rings. The van der Waals surface area contributed by atoms with Crippen LogP contribution >= 0.6 is 0 Å². The van der Waals surface area contributed by atoms with E-state index in [0.717, 1.165) is 22.4 Å². The quantitative estimate of drug-likeness (QED) is 0.866. The van der Waals surface area contributed by atoms with Gasteiger partial charge in [-0.05, 0) is 42.7 Å². The van der Waals surface area contributed by atoms with Gasteiger partial charge < -0.3 is 10.4 Å². The summed E-state index contributed by atoms with van der Waals surface area (Å²) in [5.41, 5.74) is 4.37. The van der Waals surface area contributed by atoms with Crippen molar-refractivity contribution in [1.82, 2.24) is 4.98 Å². The molecule has 0 aliphatic heterocycles. The Morgan fingerprint density at radius 2 is 1.94 bits per heavy atom. The lowest BCUT2D eigenvalue weighted by Gasteiger charge is -2.20. The van der Waals surface area contributed by atoms with Gasteiger partial charge in [0.1, 0.15) is 0 Å². The van der Waals surface area contributed by atoms with E-state index in [9.17, 15) is 5.11 Å². The molecular formula is C15H18N2O. The number of nitrogens with zero attached hydrogens (tertiary/aromatic N) is 1. The Morgan fingerprint density at radius 1 is 1.17 bits per heavy atom. The fourth-order valence-electron chi connectivity index (χ4n) is 1.99. The third-order valence-corrected chi connectivity index (χ3v) is 3.11. The molecule has 0 aliphatic carbocycles. The SMILES string of the molecule is Cc1ccccc1NC(CO)c1cnccc1C. The number of aryl methyl sites for hydroxylation is 2. The molecule has 0 amide bonds. The first-order chi connectivity index (χ1) is 8.72. The van der Waals surface area contributed by atoms with Crippen LogP contribution in [0, 0.1) is 13.8 Å². The first kappa shape index (κ1) is 12.6. The third-order valence-electron chi connectivity index (χ3n) is 3.11. The highest BCUT2D eigenvalue weighted by molar-refractivity contribution is 5.52. The average molecular weight is 242 g/mol. The predicted octanol–water partition coefficient (Wildman–Crippen LogP) is 2.84. The van der Waals surface area contributed by atoms with Crippen LogP contribution in [0.15, 0.2) is 42.7 Å². The molecule has 2 aromatic rings. The molecule has 0 fully saturated rings. The van der Waals surface area contributed by atoms with Crippen molar-refractivity contribution in [2.45, 2.75) is 19.9 Å². The molecule has 0 saturated carbocycles. The maximum Gasteiger partial charge on any atom is 0.0762 e. The minimum absolute atomic E-state index is 0.0425. The highest BCUT2D eigenvalue weighted by Gasteiger charge is 2.13. The van der Waals surface area contributed by atoms with E-state index in [4.69, 9.17) is 0 Å². The highest BCUT2D eigenvalue weighted by Crippen LogP contribution is 2.23. The number of aromatic nitrogens is 1. The zero-order valence-corrected chi connectivity index (χ0v) is 10.7. The van der Waals surface area contributed by atoms with Crippen molar-refractivity contribution >= 4 is 5.69 Å². The van der Waals surface area contributed by atoms with Crippen molar-refractivity contribution in [2.24, 2.45) is 0 Å². The largest absolute Gasteiger partial charge is 0.394 e. The Morgan fingerprint density at radius 3 is 2.61 bits per heavy atom. The number of aliphatic hydroxyl groups excluding tert-OH is 1. The van der Waals surface area contributed by atoms with E-state index < -0.39 is 0 Å². The monoisotopic (exact) mass is 242 g/mol. The number of para-hydroxylation sites is 1. The molecule has 0 saturated heterocycles. The van der Waals surface area contributed by atoms with Crippen LogP contribution in [0.25, 0.3) is 0 Å². The zero-order chi connectivity index (χ0) is 13.0. The second-order valence-electron chi connectivity index (χ2n) is 4.43. The smallest absolute Gasteiger partial charge is 0.0762 e. The molecule has 1 unspecified atom stereocenters. The molecular weight excluding hydrogens is 224 g/mol. The Labute approximate surface area is 108 Å². The molecule has 1 heterocycles. The first-order valence-corrected chi connectivity index (χ1v) is 6.06. The minimum Gasteiger partial charge on any atom is -0.394 e. The van der Waals surface area contributed by atoms with Crippen LogP contribution in [0.3, 0.4) is 0 Å². The van der Waals surface area contributed by atoms with E-state index in [-0.39, 0.29) is 12.6 Å². The van der Waals surface area contributed by atoms with Gasteiger partial charge in [0, 0.05) is 18.1 Å². The maximum atomic E-state index is 9.57. The van der Waals surface area contributed by atoms with E-state index in [2.05, 4.69) is 10.3 Å². The van der Waals surface area contributed by atoms with E-state index in [1.54, 1.807) is 6.20 Å². The highest BCUT2D eigenvalue weighted by atomic mass is 16.3. The molecule has 1 aromatic carbocycles. The lowest BCUT2D eigenvalue weighted by molar-refractivity contribution is 0.276. The van der Waals surface area contributed by atoms with E-state index in [1.165, 1.54) is 0 Å². The number of anilines is 1. The molecule has 0 radical (unpaired) electrons. The summed E-state index contributed by atoms with van der Waals surface area (Å²) in [5.74, 6) is 0. The van der Waals surface area contributed by atoms with E-state index in [1.807, 2.05) is 50.4 Å². The molecule has 18 heavy (non-hydrogen) atoms. The Balaban J connectivity index is 2.26. The van der Waals surface area contributed by atoms with Gasteiger partial charge in [0.25, 0.3) is 0 Å². The molecule has 0 spiro atoms. The fraction of sp³-hybridized carbons (Fsp3) is 0.267. The fourth-order valence-corrected chi connectivity index (χ4v) is 1.99. The summed E-state index contributed by atoms with van der Waals surface area (Å²) in [6, 6.07) is 9.89. The topological polar surface area (TPSA) is 45.1 Å². The number of nitrogens with one attached hydrogen (secondary N) is 1. The lowest BCUT2D eigenvalue weighted by Crippen LogP contribution is -2.16. The molecule has 94 valence electrons. The Bertz CT molecular complexity index is 525. The molecule has 0 bridgehead atoms. The van der Waals surface area contributed by atoms with Crippen LogP contribution in [0.4, 0.5) is 5.69 Å². The van der Waals surface area contributed by atoms with Gasteiger partial charge in [-0.3, -0.25) is 4.98 Å². The second kappa shape index (κ2) is 5.65. The minimum atomic E-state index is -0.125. The average Bonchev–Trinajstić information content (AvgIpc) is 2.39. The summed E-state index contributed by atoms with van der Waals surface area (Å²) >= 11 is 0. The second-order valence-corrected chi connectivity index (χ2v) is 4.43. The third kappa shape index (κ3) is 2.68. The van der Waals surface area contributed by atoms with Gasteiger partial charge in [-0.2, -0.15) is 0 Å². The lowest BCUT2D eigenvalue weighted by atomic mass is 10.0. The van der Waals surface area contributed by atoms with Crippen LogP contribution in [-0.4, -0.2) is 16.7 Å². The Kier molecular flexibility index (Phi) is 3.95. The standard InChI is InChI=1S/C15H18N2O/c1-11-7-8-16-9-13(11)15(10-18)17-14-6-4-3-5-12(14)2/h3-9,15,17-18H,10H2,1-2H3. The molecule has 1 atom stereocenters. The van der Waals surface area contributed by atoms with E-state index >= 15 is 0 Å². The maximum absolute atomic E-state index is 9.57. The van der Waals surface area contributed by atoms with Crippen molar-refractivity contribution < 1.29 is 5.11 Å². The van der Waals surface area contributed by atoms with Crippen LogP contribution in [0.5, 0.6) is 0 Å². The molecule has 3 nitrogen and oxygen atoms in total. The number of benzene rings is 1. The van der Waals surface area contributed by atoms with Crippen molar-refractivity contribution in [3.63, 3.8) is 0 Å². The summed E-state index contributed by atoms with van der Waals surface area (Å²) < 4.78 is 0. The van der Waals surface area contributed by atoms with Crippen LogP contribution in [0.2, 0.25) is 0 Å². The number of hydrogen-bond donors (Lipinski definition) is 2. The molecule has 3 heteroatoms. The van der Waals surface area contributed by atoms with Crippen molar-refractivity contribution in [1.29, 1.82) is 0 Å².